The summed E-state index contributed by atoms with van der Waals surface area (Å²) >= 11 is 7.60. The largest absolute Gasteiger partial charge is 0.495 e. The number of nitrogens with zero attached hydrogens (tertiary/aromatic N) is 2. The number of carbonyl (C=O) groups is 9. The number of esters is 1. The molecule has 0 aliphatic carbocycles. The molecule has 26 heteroatoms. The summed E-state index contributed by atoms with van der Waals surface area (Å²) in [7, 11) is 5.67. The van der Waals surface area contributed by atoms with Crippen LogP contribution >= 0.6 is 23.4 Å². The number of unbranched alkanes of at least 4 members (excludes halogenated alkanes) is 1. The molecule has 0 saturated carbocycles. The zero-order valence-electron chi connectivity index (χ0n) is 46.4. The first-order chi connectivity index (χ1) is 37.4. The lowest BCUT2D eigenvalue weighted by atomic mass is 9.83. The van der Waals surface area contributed by atoms with Crippen molar-refractivity contribution < 1.29 is 71.9 Å². The van der Waals surface area contributed by atoms with Gasteiger partial charge in [0, 0.05) is 71.8 Å². The van der Waals surface area contributed by atoms with E-state index in [1.165, 1.54) is 39.9 Å². The number of benzene rings is 1. The molecule has 9 N–H and O–H groups in total. The third-order valence-electron chi connectivity index (χ3n) is 13.9. The number of imide groups is 1. The number of methoxy groups -OCH3 is 2. The lowest BCUT2D eigenvalue weighted by Gasteiger charge is -2.42. The van der Waals surface area contributed by atoms with Crippen molar-refractivity contribution in [2.24, 2.45) is 11.7 Å². The molecule has 10 atom stereocenters. The summed E-state index contributed by atoms with van der Waals surface area (Å²) in [5.74, 6) is -3.70. The Balaban J connectivity index is 1.38. The predicted molar refractivity (Wildman–Crippen MR) is 293 cm³/mol. The maximum absolute atomic E-state index is 13.9. The molecule has 0 radical (unpaired) electrons. The Morgan fingerprint density at radius 3 is 2.34 bits per heavy atom. The van der Waals surface area contributed by atoms with Crippen molar-refractivity contribution in [2.75, 3.05) is 66.5 Å². The summed E-state index contributed by atoms with van der Waals surface area (Å²) in [6, 6.07) is 1.21. The molecule has 438 valence electrons. The van der Waals surface area contributed by atoms with Crippen LogP contribution in [-0.4, -0.2) is 189 Å². The monoisotopic (exact) mass is 1150 g/mol. The number of thioether (sulfide) groups is 1. The first-order valence-electron chi connectivity index (χ1n) is 26.0. The summed E-state index contributed by atoms with van der Waals surface area (Å²) in [4.78, 5) is 119. The highest BCUT2D eigenvalue weighted by Crippen LogP contribution is 2.49. The zero-order chi connectivity index (χ0) is 58.6. The molecule has 9 unspecified atom stereocenters. The molecule has 3 heterocycles. The number of hydrogen-bond acceptors (Lipinski definition) is 17. The topological polar surface area (TPSA) is 328 Å². The third-order valence-corrected chi connectivity index (χ3v) is 14.9. The number of carbonyl (C=O) groups excluding carboxylic acids is 9. The summed E-state index contributed by atoms with van der Waals surface area (Å²) in [6.07, 6.45) is 5.76. The van der Waals surface area contributed by atoms with Crippen LogP contribution in [0.1, 0.15) is 78.2 Å². The van der Waals surface area contributed by atoms with Gasteiger partial charge in [-0.05, 0) is 89.1 Å². The smallest absolute Gasteiger partial charge is 0.409 e. The fraction of sp³-hybridized carbons (Fsp3) is 0.604. The van der Waals surface area contributed by atoms with Gasteiger partial charge in [-0.25, -0.2) is 14.4 Å². The van der Waals surface area contributed by atoms with E-state index in [1.807, 2.05) is 31.4 Å². The van der Waals surface area contributed by atoms with Gasteiger partial charge < -0.3 is 66.0 Å². The number of nitrogens with two attached hydrogens (primary N) is 1. The van der Waals surface area contributed by atoms with E-state index in [2.05, 4.69) is 31.9 Å². The second kappa shape index (κ2) is 30.9. The number of epoxide rings is 1. The van der Waals surface area contributed by atoms with Crippen LogP contribution in [0, 0.1) is 5.92 Å². The highest BCUT2D eigenvalue weighted by atomic mass is 35.5. The average molecular weight is 1150 g/mol. The lowest BCUT2D eigenvalue weighted by Crippen LogP contribution is -2.63. The molecule has 0 aromatic heterocycles. The van der Waals surface area contributed by atoms with Crippen molar-refractivity contribution >= 4 is 76.9 Å². The molecule has 3 aliphatic heterocycles. The molecule has 9 amide bonds. The maximum atomic E-state index is 13.9. The molecule has 1 aromatic carbocycles. The standard InChI is InChI=1S/C53H78ClN9O15S/c1-31(27-34-16-17-35(54)38(28-34)74-7)13-12-15-40(75-8)53(73)30-39(76-51(72)61-53)32(2)46-52(4,78-46)41(29-43(65)56-5)77-49(70)33(3)62(6)50(71)60-37(21-26-79-9)48(69)59-36(14-10-11-22-55)47(68)58-24-23-57-42(64)20-25-63-44(66)18-19-45(63)67/h12-13,15-19,28,32-33,36-37,39-41,46,73H,10-11,14,20-27,29-30,55H2,1-9H3,(H,56,65)(H,57,64)(H,58,68)(H,59,69)(H,60,71)(H,61,72)/b15-12+,31-13+/t32?,33-,36?,37?,39?,40?,41?,46?,52?,53?/m0/s1. The summed E-state index contributed by atoms with van der Waals surface area (Å²) in [5, 5.41) is 28.1. The van der Waals surface area contributed by atoms with E-state index >= 15 is 0 Å². The molecular weight excluding hydrogens is 1070 g/mol. The zero-order valence-corrected chi connectivity index (χ0v) is 47.9. The van der Waals surface area contributed by atoms with Gasteiger partial charge in [-0.3, -0.25) is 39.0 Å². The first-order valence-corrected chi connectivity index (χ1v) is 27.8. The lowest BCUT2D eigenvalue weighted by molar-refractivity contribution is -0.158. The molecule has 1 aromatic rings. The van der Waals surface area contributed by atoms with Crippen LogP contribution in [0.25, 0.3) is 0 Å². The van der Waals surface area contributed by atoms with Gasteiger partial charge in [-0.2, -0.15) is 11.8 Å². The van der Waals surface area contributed by atoms with E-state index in [1.54, 1.807) is 39.2 Å². The molecule has 79 heavy (non-hydrogen) atoms. The number of nitrogens with one attached hydrogen (secondary N) is 6. The molecule has 24 nitrogen and oxygen atoms in total. The number of halogens is 1. The maximum Gasteiger partial charge on any atom is 0.409 e. The number of cyclic esters (lactones) is 1. The number of likely N-dealkylation sites (N-methyl/N-ethyl adjacent to an activating group) is 1. The predicted octanol–water partition coefficient (Wildman–Crippen LogP) is 1.75. The van der Waals surface area contributed by atoms with Crippen molar-refractivity contribution in [1.82, 2.24) is 41.7 Å². The van der Waals surface area contributed by atoms with Crippen molar-refractivity contribution in [2.45, 2.75) is 133 Å². The van der Waals surface area contributed by atoms with Gasteiger partial charge >= 0.3 is 18.1 Å². The second-order valence-corrected chi connectivity index (χ2v) is 21.1. The van der Waals surface area contributed by atoms with Crippen molar-refractivity contribution in [1.29, 1.82) is 0 Å². The van der Waals surface area contributed by atoms with Crippen LogP contribution < -0.4 is 42.4 Å². The molecule has 3 aliphatic rings. The van der Waals surface area contributed by atoms with Gasteiger partial charge in [0.1, 0.15) is 47.8 Å². The van der Waals surface area contributed by atoms with Crippen LogP contribution in [0.2, 0.25) is 5.02 Å². The van der Waals surface area contributed by atoms with Gasteiger partial charge in [0.2, 0.25) is 23.6 Å². The number of alkyl carbamates (subject to hydrolysis) is 1. The number of aliphatic hydroxyl groups is 1. The summed E-state index contributed by atoms with van der Waals surface area (Å²) < 4.78 is 28.8. The Kier molecular flexibility index (Phi) is 25.6. The highest BCUT2D eigenvalue weighted by Gasteiger charge is 2.64. The van der Waals surface area contributed by atoms with Gasteiger partial charge in [-0.1, -0.05) is 48.4 Å². The second-order valence-electron chi connectivity index (χ2n) is 19.7. The fourth-order valence-corrected chi connectivity index (χ4v) is 9.62. The highest BCUT2D eigenvalue weighted by molar-refractivity contribution is 7.98. The Morgan fingerprint density at radius 1 is 1.01 bits per heavy atom. The van der Waals surface area contributed by atoms with Gasteiger partial charge in [0.05, 0.1) is 24.7 Å². The number of rotatable bonds is 32. The molecule has 0 spiro atoms. The van der Waals surface area contributed by atoms with Crippen molar-refractivity contribution in [3.8, 4) is 5.75 Å². The van der Waals surface area contributed by atoms with Gasteiger partial charge in [0.25, 0.3) is 11.8 Å². The first kappa shape index (κ1) is 65.3. The van der Waals surface area contributed by atoms with Crippen LogP contribution in [0.4, 0.5) is 9.59 Å². The Hall–Kier alpha value is -6.25. The summed E-state index contributed by atoms with van der Waals surface area (Å²) in [5.41, 5.74) is 4.41. The van der Waals surface area contributed by atoms with E-state index in [4.69, 9.17) is 41.0 Å². The minimum absolute atomic E-state index is 0.00725. The minimum atomic E-state index is -1.93. The molecule has 0 bridgehead atoms. The minimum Gasteiger partial charge on any atom is -0.495 e. The van der Waals surface area contributed by atoms with E-state index in [9.17, 15) is 48.3 Å². The van der Waals surface area contributed by atoms with E-state index in [0.29, 0.717) is 42.3 Å². The molecule has 2 saturated heterocycles. The normalized spacial score (nSPS) is 22.1. The number of ether oxygens (including phenoxy) is 5. The number of allylic oxidation sites excluding steroid dienone is 3. The fourth-order valence-electron chi connectivity index (χ4n) is 8.95. The quantitative estimate of drug-likeness (QED) is 0.0168. The molecule has 4 rings (SSSR count). The van der Waals surface area contributed by atoms with Crippen LogP contribution in [0.15, 0.2) is 54.2 Å². The van der Waals surface area contributed by atoms with Crippen LogP contribution in [0.5, 0.6) is 5.75 Å². The molecular formula is C53H78ClN9O15S. The van der Waals surface area contributed by atoms with E-state index in [-0.39, 0.29) is 51.7 Å². The van der Waals surface area contributed by atoms with Crippen molar-refractivity contribution in [3.05, 3.63) is 64.7 Å². The van der Waals surface area contributed by atoms with Crippen molar-refractivity contribution in [3.63, 3.8) is 0 Å². The van der Waals surface area contributed by atoms with Crippen LogP contribution in [0.3, 0.4) is 0 Å². The number of amides is 9. The van der Waals surface area contributed by atoms with Gasteiger partial charge in [0.15, 0.2) is 5.72 Å². The Bertz CT molecular complexity index is 2430. The Labute approximate surface area is 470 Å². The molecule has 2 fully saturated rings. The van der Waals surface area contributed by atoms with Gasteiger partial charge in [-0.15, -0.1) is 0 Å². The third kappa shape index (κ3) is 18.9. The number of urea groups is 1. The van der Waals surface area contributed by atoms with Crippen LogP contribution in [-0.2, 0) is 58.9 Å². The number of hydrogen-bond donors (Lipinski definition) is 8. The Morgan fingerprint density at radius 2 is 1.70 bits per heavy atom. The average Bonchev–Trinajstić information content (AvgIpc) is 4.05. The SMILES string of the molecule is CNC(=O)CC(OC(=O)[C@H](C)N(C)C(=O)NC(CCSC)C(=O)NC(CCCCN)C(=O)NCCNC(=O)CCN1C(=O)C=CC1=O)C1(C)OC1C(C)C1CC(O)(C(/C=C/C=C(\C)Cc2ccc(Cl)c(OC)c2)OC)NC(=O)O1. The summed E-state index contributed by atoms with van der Waals surface area (Å²) in [6.45, 7) is 6.97. The van der Waals surface area contributed by atoms with E-state index in [0.717, 1.165) is 33.1 Å². The van der Waals surface area contributed by atoms with E-state index < -0.39 is 113 Å².